The van der Waals surface area contributed by atoms with Crippen LogP contribution in [0, 0.1) is 23.7 Å². The number of aromatic hydroxyl groups is 1. The molecule has 3 aliphatic rings. The van der Waals surface area contributed by atoms with Crippen LogP contribution in [0.25, 0.3) is 11.1 Å². The molecule has 5 rings (SSSR count). The number of ether oxygens (including phenoxy) is 1. The Hall–Kier alpha value is -3.97. The molecule has 1 amide bonds. The van der Waals surface area contributed by atoms with Crippen molar-refractivity contribution in [1.29, 1.82) is 0 Å². The molecule has 0 aliphatic heterocycles. The van der Waals surface area contributed by atoms with E-state index < -0.39 is 64.4 Å². The number of nitrogens with zero attached hydrogens (tertiary/aromatic N) is 2. The fraction of sp³-hybridized carbons (Fsp3) is 0.485. The summed E-state index contributed by atoms with van der Waals surface area (Å²) in [6, 6.07) is 7.67. The number of phenolic OH excluding ortho intramolecular Hbond substituents is 1. The van der Waals surface area contributed by atoms with Gasteiger partial charge in [-0.25, -0.2) is 0 Å². The molecule has 0 spiro atoms. The van der Waals surface area contributed by atoms with E-state index >= 15 is 0 Å². The first kappa shape index (κ1) is 32.4. The summed E-state index contributed by atoms with van der Waals surface area (Å²) in [6.45, 7) is 2.23. The van der Waals surface area contributed by atoms with Crippen molar-refractivity contribution in [2.24, 2.45) is 29.4 Å². The molecule has 12 heteroatoms. The number of likely N-dealkylation sites (N-methyl/N-ethyl adjacent to an activating group) is 2. The SMILES string of the molecule is COc1ccc(CNCCN(C)C)cc1-c1ccc(O)c2c1C[C@H]1C[C@H]3[C@H](N(C)C)C(=O)C(C(N)=O)C(=O)[C@@]3(O)C(=O)C1C2=O. The first-order valence-electron chi connectivity index (χ1n) is 15.0. The molecule has 6 atom stereocenters. The number of aliphatic hydroxyl groups is 1. The van der Waals surface area contributed by atoms with E-state index in [0.29, 0.717) is 29.0 Å². The first-order chi connectivity index (χ1) is 21.2. The summed E-state index contributed by atoms with van der Waals surface area (Å²) < 4.78 is 5.68. The van der Waals surface area contributed by atoms with Gasteiger partial charge < -0.3 is 30.9 Å². The third-order valence-corrected chi connectivity index (χ3v) is 9.56. The summed E-state index contributed by atoms with van der Waals surface area (Å²) >= 11 is 0. The van der Waals surface area contributed by atoms with Crippen LogP contribution in [0.1, 0.15) is 27.9 Å². The van der Waals surface area contributed by atoms with Gasteiger partial charge in [-0.3, -0.25) is 28.9 Å². The zero-order chi connectivity index (χ0) is 33.0. The van der Waals surface area contributed by atoms with E-state index in [1.54, 1.807) is 27.3 Å². The van der Waals surface area contributed by atoms with Gasteiger partial charge in [0.2, 0.25) is 5.91 Å². The van der Waals surface area contributed by atoms with Crippen molar-refractivity contribution in [3.05, 3.63) is 47.0 Å². The molecule has 0 heterocycles. The normalized spacial score (nSPS) is 27.8. The van der Waals surface area contributed by atoms with Crippen LogP contribution in [0.4, 0.5) is 0 Å². The Balaban J connectivity index is 1.58. The lowest BCUT2D eigenvalue weighted by Gasteiger charge is -2.52. The third kappa shape index (κ3) is 5.25. The van der Waals surface area contributed by atoms with Crippen LogP contribution in [0.15, 0.2) is 30.3 Å². The molecule has 2 fully saturated rings. The van der Waals surface area contributed by atoms with Crippen LogP contribution in [-0.2, 0) is 32.1 Å². The van der Waals surface area contributed by atoms with E-state index in [2.05, 4.69) is 10.2 Å². The predicted molar refractivity (Wildman–Crippen MR) is 164 cm³/mol. The molecular formula is C33H40N4O8. The summed E-state index contributed by atoms with van der Waals surface area (Å²) in [7, 11) is 8.64. The summed E-state index contributed by atoms with van der Waals surface area (Å²) in [4.78, 5) is 70.8. The van der Waals surface area contributed by atoms with E-state index in [1.165, 1.54) is 11.0 Å². The molecule has 2 aromatic carbocycles. The van der Waals surface area contributed by atoms with Crippen molar-refractivity contribution in [3.63, 3.8) is 0 Å². The number of carbonyl (C=O) groups excluding carboxylic acids is 5. The number of hydrogen-bond donors (Lipinski definition) is 4. The highest BCUT2D eigenvalue weighted by Gasteiger charge is 2.69. The number of ketones is 4. The van der Waals surface area contributed by atoms with E-state index in [1.807, 2.05) is 32.3 Å². The van der Waals surface area contributed by atoms with Crippen LogP contribution in [0.5, 0.6) is 11.5 Å². The topological polar surface area (TPSA) is 180 Å². The smallest absolute Gasteiger partial charge is 0.235 e. The molecular weight excluding hydrogens is 580 g/mol. The number of amides is 1. The molecule has 45 heavy (non-hydrogen) atoms. The van der Waals surface area contributed by atoms with Crippen LogP contribution in [0.3, 0.4) is 0 Å². The maximum atomic E-state index is 14.1. The minimum atomic E-state index is -2.76. The van der Waals surface area contributed by atoms with Crippen molar-refractivity contribution < 1.29 is 38.9 Å². The average Bonchev–Trinajstić information content (AvgIpc) is 2.97. The molecule has 0 saturated heterocycles. The van der Waals surface area contributed by atoms with E-state index in [-0.39, 0.29) is 24.2 Å². The highest BCUT2D eigenvalue weighted by atomic mass is 16.5. The van der Waals surface area contributed by atoms with E-state index in [0.717, 1.165) is 18.7 Å². The summed E-state index contributed by atoms with van der Waals surface area (Å²) in [5.41, 5.74) is 5.40. The van der Waals surface area contributed by atoms with E-state index in [4.69, 9.17) is 10.5 Å². The van der Waals surface area contributed by atoms with Crippen LogP contribution in [0.2, 0.25) is 0 Å². The Morgan fingerprint density at radius 3 is 2.40 bits per heavy atom. The lowest BCUT2D eigenvalue weighted by atomic mass is 9.52. The minimum Gasteiger partial charge on any atom is -0.507 e. The zero-order valence-electron chi connectivity index (χ0n) is 26.1. The predicted octanol–water partition coefficient (Wildman–Crippen LogP) is 0.194. The summed E-state index contributed by atoms with van der Waals surface area (Å²) in [5, 5.41) is 26.1. The average molecular weight is 621 g/mol. The Labute approximate surface area is 261 Å². The molecule has 5 N–H and O–H groups in total. The zero-order valence-corrected chi connectivity index (χ0v) is 26.1. The number of nitrogens with one attached hydrogen (secondary N) is 1. The van der Waals surface area contributed by atoms with Gasteiger partial charge in [-0.15, -0.1) is 0 Å². The monoisotopic (exact) mass is 620 g/mol. The first-order valence-corrected chi connectivity index (χ1v) is 15.0. The second-order valence-corrected chi connectivity index (χ2v) is 12.8. The quantitative estimate of drug-likeness (QED) is 0.222. The number of phenols is 1. The number of Topliss-reactive ketones (excluding diaryl/α,β-unsaturated/α-hetero) is 4. The number of primary amides is 1. The third-order valence-electron chi connectivity index (χ3n) is 9.56. The van der Waals surface area contributed by atoms with Gasteiger partial charge in [0.05, 0.1) is 24.6 Å². The van der Waals surface area contributed by atoms with Gasteiger partial charge in [0.25, 0.3) is 0 Å². The Bertz CT molecular complexity index is 1590. The number of nitrogens with two attached hydrogens (primary N) is 1. The molecule has 2 saturated carbocycles. The lowest BCUT2D eigenvalue weighted by Crippen LogP contribution is -2.74. The number of hydrogen-bond acceptors (Lipinski definition) is 11. The van der Waals surface area contributed by atoms with Crippen molar-refractivity contribution in [1.82, 2.24) is 15.1 Å². The van der Waals surface area contributed by atoms with Gasteiger partial charge in [0, 0.05) is 31.1 Å². The van der Waals surface area contributed by atoms with Gasteiger partial charge in [0.15, 0.2) is 34.7 Å². The number of carbonyl (C=O) groups is 5. The summed E-state index contributed by atoms with van der Waals surface area (Å²) in [6.07, 6.45) is 0.135. The Kier molecular flexibility index (Phi) is 8.71. The Morgan fingerprint density at radius 2 is 1.78 bits per heavy atom. The van der Waals surface area contributed by atoms with Gasteiger partial charge in [-0.2, -0.15) is 0 Å². The van der Waals surface area contributed by atoms with Crippen LogP contribution >= 0.6 is 0 Å². The maximum absolute atomic E-state index is 14.1. The largest absolute Gasteiger partial charge is 0.507 e. The summed E-state index contributed by atoms with van der Waals surface area (Å²) in [5.74, 6) is -10.2. The van der Waals surface area contributed by atoms with Gasteiger partial charge in [-0.05, 0) is 81.8 Å². The molecule has 0 radical (unpaired) electrons. The standard InChI is InChI=1S/C33H40N4O8/c1-36(2)11-10-35-15-16-6-9-23(45-5)19(12-16)18-7-8-22(38)25-20(18)13-17-14-21-27(37(3)4)29(40)26(32(34)43)31(42)33(21,44)30(41)24(17)28(25)39/h6-9,12,17,21,24,26-27,35,38,44H,10-11,13-15H2,1-5H3,(H2,34,43)/t17-,21-,24?,26?,27-,33-/m0/s1. The molecule has 0 aromatic heterocycles. The lowest BCUT2D eigenvalue weighted by molar-refractivity contribution is -0.181. The van der Waals surface area contributed by atoms with Crippen molar-refractivity contribution >= 4 is 29.0 Å². The van der Waals surface area contributed by atoms with E-state index in [9.17, 15) is 34.2 Å². The van der Waals surface area contributed by atoms with Crippen molar-refractivity contribution in [3.8, 4) is 22.6 Å². The molecule has 3 aliphatic carbocycles. The number of benzene rings is 2. The van der Waals surface area contributed by atoms with Crippen molar-refractivity contribution in [2.45, 2.75) is 31.0 Å². The highest BCUT2D eigenvalue weighted by molar-refractivity contribution is 6.32. The highest BCUT2D eigenvalue weighted by Crippen LogP contribution is 2.52. The fourth-order valence-corrected chi connectivity index (χ4v) is 7.47. The second kappa shape index (κ2) is 12.1. The van der Waals surface area contributed by atoms with Gasteiger partial charge >= 0.3 is 0 Å². The van der Waals surface area contributed by atoms with Crippen LogP contribution in [-0.4, -0.2) is 109 Å². The van der Waals surface area contributed by atoms with Gasteiger partial charge in [0.1, 0.15) is 11.5 Å². The Morgan fingerprint density at radius 1 is 1.07 bits per heavy atom. The second-order valence-electron chi connectivity index (χ2n) is 12.8. The van der Waals surface area contributed by atoms with Crippen LogP contribution < -0.4 is 15.8 Å². The van der Waals surface area contributed by atoms with Gasteiger partial charge in [-0.1, -0.05) is 12.1 Å². The van der Waals surface area contributed by atoms with Crippen molar-refractivity contribution in [2.75, 3.05) is 48.4 Å². The molecule has 12 nitrogen and oxygen atoms in total. The number of rotatable bonds is 9. The number of fused-ring (bicyclic) bond motifs is 3. The number of methoxy groups -OCH3 is 1. The molecule has 2 aromatic rings. The molecule has 0 bridgehead atoms. The molecule has 240 valence electrons. The maximum Gasteiger partial charge on any atom is 0.235 e. The molecule has 2 unspecified atom stereocenters. The minimum absolute atomic E-state index is 0.0219. The fourth-order valence-electron chi connectivity index (χ4n) is 7.47.